The SMILES string of the molecule is CCOC(=O)c1sc(Nc2nc(NC)c3ncn(Cc4ccc(S(C)(=O)=O)cc4)c3n2)nc1C. The summed E-state index contributed by atoms with van der Waals surface area (Å²) in [5, 5.41) is 6.55. The van der Waals surface area contributed by atoms with Crippen LogP contribution in [-0.4, -0.2) is 58.8 Å². The van der Waals surface area contributed by atoms with Crippen molar-refractivity contribution >= 4 is 55.2 Å². The van der Waals surface area contributed by atoms with Crippen LogP contribution in [0.25, 0.3) is 11.2 Å². The molecule has 4 aromatic rings. The van der Waals surface area contributed by atoms with E-state index in [1.165, 1.54) is 6.26 Å². The second-order valence-electron chi connectivity index (χ2n) is 7.39. The number of benzene rings is 1. The summed E-state index contributed by atoms with van der Waals surface area (Å²) in [6.07, 6.45) is 2.83. The minimum atomic E-state index is -3.26. The molecule has 0 aliphatic rings. The summed E-state index contributed by atoms with van der Waals surface area (Å²) in [7, 11) is -1.52. The number of sulfone groups is 1. The van der Waals surface area contributed by atoms with Gasteiger partial charge in [-0.2, -0.15) is 9.97 Å². The van der Waals surface area contributed by atoms with Gasteiger partial charge >= 0.3 is 5.97 Å². The first-order valence-electron chi connectivity index (χ1n) is 10.3. The zero-order chi connectivity index (χ0) is 24.5. The van der Waals surface area contributed by atoms with Crippen LogP contribution in [-0.2, 0) is 21.1 Å². The molecule has 0 amide bonds. The number of aryl methyl sites for hydroxylation is 1. The number of nitrogens with zero attached hydrogens (tertiary/aromatic N) is 5. The Labute approximate surface area is 200 Å². The molecule has 0 fully saturated rings. The van der Waals surface area contributed by atoms with Crippen molar-refractivity contribution in [1.29, 1.82) is 0 Å². The lowest BCUT2D eigenvalue weighted by Gasteiger charge is -2.08. The van der Waals surface area contributed by atoms with Gasteiger partial charge in [-0.05, 0) is 31.5 Å². The molecule has 0 aliphatic carbocycles. The van der Waals surface area contributed by atoms with E-state index in [1.807, 2.05) is 4.57 Å². The Morgan fingerprint density at radius 3 is 2.56 bits per heavy atom. The first-order valence-corrected chi connectivity index (χ1v) is 13.0. The molecule has 0 saturated carbocycles. The van der Waals surface area contributed by atoms with Gasteiger partial charge in [0.1, 0.15) is 4.88 Å². The number of carbonyl (C=O) groups excluding carboxylic acids is 1. The number of anilines is 3. The number of carbonyl (C=O) groups is 1. The highest BCUT2D eigenvalue weighted by atomic mass is 32.2. The fourth-order valence-corrected chi connectivity index (χ4v) is 4.74. The lowest BCUT2D eigenvalue weighted by Crippen LogP contribution is -2.05. The molecule has 0 bridgehead atoms. The van der Waals surface area contributed by atoms with Crippen LogP contribution in [0.5, 0.6) is 0 Å². The highest BCUT2D eigenvalue weighted by Gasteiger charge is 2.18. The minimum absolute atomic E-state index is 0.263. The first kappa shape index (κ1) is 23.6. The van der Waals surface area contributed by atoms with Crippen molar-refractivity contribution in [2.45, 2.75) is 25.3 Å². The highest BCUT2D eigenvalue weighted by Crippen LogP contribution is 2.27. The van der Waals surface area contributed by atoms with E-state index in [1.54, 1.807) is 51.5 Å². The maximum atomic E-state index is 12.1. The van der Waals surface area contributed by atoms with Gasteiger partial charge in [0.25, 0.3) is 0 Å². The number of rotatable bonds is 8. The fourth-order valence-electron chi connectivity index (χ4n) is 3.26. The topological polar surface area (TPSA) is 141 Å². The first-order chi connectivity index (χ1) is 16.2. The summed E-state index contributed by atoms with van der Waals surface area (Å²) < 4.78 is 30.3. The number of imidazole rings is 1. The van der Waals surface area contributed by atoms with Crippen molar-refractivity contribution in [2.75, 3.05) is 30.5 Å². The summed E-state index contributed by atoms with van der Waals surface area (Å²) in [5.74, 6) is 0.394. The van der Waals surface area contributed by atoms with E-state index in [2.05, 4.69) is 30.6 Å². The minimum Gasteiger partial charge on any atom is -0.462 e. The summed E-state index contributed by atoms with van der Waals surface area (Å²) in [6, 6.07) is 6.68. The quantitative estimate of drug-likeness (QED) is 0.346. The van der Waals surface area contributed by atoms with Crippen LogP contribution in [0, 0.1) is 6.92 Å². The Hall–Kier alpha value is -3.58. The average molecular weight is 502 g/mol. The predicted molar refractivity (Wildman–Crippen MR) is 130 cm³/mol. The van der Waals surface area contributed by atoms with Crippen molar-refractivity contribution in [3.05, 3.63) is 46.7 Å². The number of nitrogens with one attached hydrogen (secondary N) is 2. The zero-order valence-corrected chi connectivity index (χ0v) is 20.6. The van der Waals surface area contributed by atoms with Crippen LogP contribution in [0.15, 0.2) is 35.5 Å². The summed E-state index contributed by atoms with van der Waals surface area (Å²) in [4.78, 5) is 30.7. The highest BCUT2D eigenvalue weighted by molar-refractivity contribution is 7.90. The van der Waals surface area contributed by atoms with Crippen molar-refractivity contribution < 1.29 is 17.9 Å². The molecule has 3 aromatic heterocycles. The van der Waals surface area contributed by atoms with Crippen molar-refractivity contribution in [2.24, 2.45) is 0 Å². The predicted octanol–water partition coefficient (Wildman–Crippen LogP) is 3.01. The van der Waals surface area contributed by atoms with E-state index >= 15 is 0 Å². The lowest BCUT2D eigenvalue weighted by molar-refractivity contribution is 0.0531. The molecule has 2 N–H and O–H groups in total. The molecule has 4 rings (SSSR count). The van der Waals surface area contributed by atoms with Crippen molar-refractivity contribution in [3.8, 4) is 0 Å². The normalized spacial score (nSPS) is 11.5. The Kier molecular flexibility index (Phi) is 6.48. The third kappa shape index (κ3) is 4.84. The second-order valence-corrected chi connectivity index (χ2v) is 10.4. The van der Waals surface area contributed by atoms with Gasteiger partial charge in [-0.15, -0.1) is 0 Å². The molecule has 178 valence electrons. The molecular formula is C21H23N7O4S2. The summed E-state index contributed by atoms with van der Waals surface area (Å²) >= 11 is 1.16. The van der Waals surface area contributed by atoms with Gasteiger partial charge < -0.3 is 14.6 Å². The molecule has 0 radical (unpaired) electrons. The second kappa shape index (κ2) is 9.35. The van der Waals surface area contributed by atoms with Crippen LogP contribution >= 0.6 is 11.3 Å². The largest absolute Gasteiger partial charge is 0.462 e. The number of esters is 1. The maximum Gasteiger partial charge on any atom is 0.350 e. The number of fused-ring (bicyclic) bond motifs is 1. The Balaban J connectivity index is 1.65. The lowest BCUT2D eigenvalue weighted by atomic mass is 10.2. The summed E-state index contributed by atoms with van der Waals surface area (Å²) in [6.45, 7) is 4.20. The third-order valence-corrected chi connectivity index (χ3v) is 7.06. The number of aromatic nitrogens is 5. The van der Waals surface area contributed by atoms with Crippen molar-refractivity contribution in [3.63, 3.8) is 0 Å². The van der Waals surface area contributed by atoms with Gasteiger partial charge in [-0.1, -0.05) is 23.5 Å². The van der Waals surface area contributed by atoms with Gasteiger partial charge in [-0.25, -0.2) is 23.2 Å². The van der Waals surface area contributed by atoms with E-state index in [0.717, 1.165) is 16.9 Å². The molecule has 3 heterocycles. The van der Waals surface area contributed by atoms with E-state index in [4.69, 9.17) is 4.74 Å². The molecule has 13 heteroatoms. The summed E-state index contributed by atoms with van der Waals surface area (Å²) in [5.41, 5.74) is 2.61. The van der Waals surface area contributed by atoms with Crippen LogP contribution in [0.2, 0.25) is 0 Å². The van der Waals surface area contributed by atoms with E-state index < -0.39 is 15.8 Å². The fraction of sp³-hybridized carbons (Fsp3) is 0.286. The standard InChI is InChI=1S/C21H23N7O4S2/c1-5-32-19(29)16-12(2)24-21(33-16)27-20-25-17(22-3)15-18(26-20)28(11-23-15)10-13-6-8-14(9-7-13)34(4,30)31/h6-9,11H,5,10H2,1-4H3,(H2,22,24,25,26,27). The molecule has 11 nitrogen and oxygen atoms in total. The van der Waals surface area contributed by atoms with Crippen LogP contribution in [0.3, 0.4) is 0 Å². The number of hydrogen-bond donors (Lipinski definition) is 2. The Morgan fingerprint density at radius 1 is 1.18 bits per heavy atom. The Bertz CT molecular complexity index is 1460. The monoisotopic (exact) mass is 501 g/mol. The van der Waals surface area contributed by atoms with E-state index in [9.17, 15) is 13.2 Å². The Morgan fingerprint density at radius 2 is 1.91 bits per heavy atom. The number of thiazole rings is 1. The molecule has 0 saturated heterocycles. The van der Waals surface area contributed by atoms with Gasteiger partial charge in [0.2, 0.25) is 5.95 Å². The number of ether oxygens (including phenoxy) is 1. The van der Waals surface area contributed by atoms with Gasteiger partial charge in [0, 0.05) is 13.3 Å². The third-order valence-electron chi connectivity index (χ3n) is 4.88. The van der Waals surface area contributed by atoms with Gasteiger partial charge in [0.05, 0.1) is 30.1 Å². The molecule has 0 spiro atoms. The van der Waals surface area contributed by atoms with Crippen LogP contribution in [0.1, 0.15) is 27.9 Å². The number of hydrogen-bond acceptors (Lipinski definition) is 11. The molecular weight excluding hydrogens is 478 g/mol. The molecule has 34 heavy (non-hydrogen) atoms. The molecule has 0 atom stereocenters. The zero-order valence-electron chi connectivity index (χ0n) is 19.0. The van der Waals surface area contributed by atoms with Crippen LogP contribution < -0.4 is 10.6 Å². The van der Waals surface area contributed by atoms with E-state index in [0.29, 0.717) is 39.2 Å². The molecule has 0 aliphatic heterocycles. The average Bonchev–Trinajstić information content (AvgIpc) is 3.36. The van der Waals surface area contributed by atoms with Gasteiger partial charge in [-0.3, -0.25) is 5.32 Å². The van der Waals surface area contributed by atoms with Crippen molar-refractivity contribution in [1.82, 2.24) is 24.5 Å². The smallest absolute Gasteiger partial charge is 0.350 e. The van der Waals surface area contributed by atoms with Crippen LogP contribution in [0.4, 0.5) is 16.9 Å². The maximum absolute atomic E-state index is 12.1. The van der Waals surface area contributed by atoms with Gasteiger partial charge in [0.15, 0.2) is 32.0 Å². The molecule has 1 aromatic carbocycles. The van der Waals surface area contributed by atoms with E-state index in [-0.39, 0.29) is 17.5 Å². The molecule has 0 unspecified atom stereocenters.